The Balaban J connectivity index is 3.07. The summed E-state index contributed by atoms with van der Waals surface area (Å²) in [5.41, 5.74) is 5.68. The molecule has 0 unspecified atom stereocenters. The SMILES string of the molecule is CC(C)n1c(N)cnc1CS. The lowest BCUT2D eigenvalue weighted by Crippen LogP contribution is -2.08. The Labute approximate surface area is 72.0 Å². The molecule has 0 bridgehead atoms. The molecule has 11 heavy (non-hydrogen) atoms. The van der Waals surface area contributed by atoms with Gasteiger partial charge in [0.1, 0.15) is 11.6 Å². The van der Waals surface area contributed by atoms with E-state index in [1.54, 1.807) is 6.20 Å². The van der Waals surface area contributed by atoms with Crippen LogP contribution in [0.5, 0.6) is 0 Å². The van der Waals surface area contributed by atoms with Gasteiger partial charge in [0.25, 0.3) is 0 Å². The summed E-state index contributed by atoms with van der Waals surface area (Å²) in [5.74, 6) is 2.28. The third-order valence-electron chi connectivity index (χ3n) is 1.56. The van der Waals surface area contributed by atoms with Crippen LogP contribution >= 0.6 is 12.6 Å². The van der Waals surface area contributed by atoms with Crippen LogP contribution in [0, 0.1) is 0 Å². The van der Waals surface area contributed by atoms with Crippen LogP contribution < -0.4 is 5.73 Å². The van der Waals surface area contributed by atoms with Crippen molar-refractivity contribution in [3.63, 3.8) is 0 Å². The lowest BCUT2D eigenvalue weighted by Gasteiger charge is -2.11. The molecule has 2 N–H and O–H groups in total. The minimum Gasteiger partial charge on any atom is -0.384 e. The van der Waals surface area contributed by atoms with Crippen molar-refractivity contribution in [2.75, 3.05) is 5.73 Å². The number of nitrogen functional groups attached to an aromatic ring is 1. The molecule has 3 nitrogen and oxygen atoms in total. The molecule has 0 amide bonds. The average molecular weight is 171 g/mol. The predicted octanol–water partition coefficient (Wildman–Crippen LogP) is 1.48. The van der Waals surface area contributed by atoms with E-state index in [1.807, 2.05) is 4.57 Å². The first-order valence-electron chi connectivity index (χ1n) is 3.59. The molecule has 1 heterocycles. The van der Waals surface area contributed by atoms with Crippen molar-refractivity contribution in [3.05, 3.63) is 12.0 Å². The van der Waals surface area contributed by atoms with Gasteiger partial charge in [0, 0.05) is 11.8 Å². The fraction of sp³-hybridized carbons (Fsp3) is 0.571. The first-order valence-corrected chi connectivity index (χ1v) is 4.22. The first-order chi connectivity index (χ1) is 5.16. The van der Waals surface area contributed by atoms with Crippen molar-refractivity contribution in [1.29, 1.82) is 0 Å². The zero-order valence-electron chi connectivity index (χ0n) is 6.78. The molecule has 0 aromatic carbocycles. The standard InChI is InChI=1S/C7H13N3S/c1-5(2)10-6(8)3-9-7(10)4-11/h3,5,11H,4,8H2,1-2H3. The van der Waals surface area contributed by atoms with Crippen LogP contribution in [0.3, 0.4) is 0 Å². The van der Waals surface area contributed by atoms with Gasteiger partial charge < -0.3 is 10.3 Å². The van der Waals surface area contributed by atoms with Crippen LogP contribution in [0.25, 0.3) is 0 Å². The van der Waals surface area contributed by atoms with Crippen LogP contribution in [0.2, 0.25) is 0 Å². The molecule has 0 saturated heterocycles. The summed E-state index contributed by atoms with van der Waals surface area (Å²) in [7, 11) is 0. The van der Waals surface area contributed by atoms with Gasteiger partial charge in [0.15, 0.2) is 0 Å². The second-order valence-electron chi connectivity index (χ2n) is 2.72. The zero-order valence-corrected chi connectivity index (χ0v) is 7.68. The number of rotatable bonds is 2. The highest BCUT2D eigenvalue weighted by Gasteiger charge is 2.07. The summed E-state index contributed by atoms with van der Waals surface area (Å²) in [6.07, 6.45) is 1.67. The largest absolute Gasteiger partial charge is 0.384 e. The van der Waals surface area contributed by atoms with Crippen LogP contribution in [0.1, 0.15) is 25.7 Å². The van der Waals surface area contributed by atoms with E-state index in [1.165, 1.54) is 0 Å². The molecular weight excluding hydrogens is 158 g/mol. The number of imidazole rings is 1. The van der Waals surface area contributed by atoms with Gasteiger partial charge in [-0.3, -0.25) is 0 Å². The van der Waals surface area contributed by atoms with Gasteiger partial charge in [-0.05, 0) is 13.8 Å². The Morgan fingerprint density at radius 1 is 1.73 bits per heavy atom. The normalized spacial score (nSPS) is 10.9. The minimum atomic E-state index is 0.361. The highest BCUT2D eigenvalue weighted by molar-refractivity contribution is 7.79. The highest BCUT2D eigenvalue weighted by Crippen LogP contribution is 2.15. The summed E-state index contributed by atoms with van der Waals surface area (Å²) < 4.78 is 1.98. The second-order valence-corrected chi connectivity index (χ2v) is 3.04. The molecule has 0 spiro atoms. The zero-order chi connectivity index (χ0) is 8.43. The molecule has 4 heteroatoms. The Morgan fingerprint density at radius 3 is 2.73 bits per heavy atom. The summed E-state index contributed by atoms with van der Waals surface area (Å²) in [4.78, 5) is 4.12. The summed E-state index contributed by atoms with van der Waals surface area (Å²) in [6, 6.07) is 0.361. The first kappa shape index (κ1) is 8.46. The summed E-state index contributed by atoms with van der Waals surface area (Å²) in [6.45, 7) is 4.15. The lowest BCUT2D eigenvalue weighted by molar-refractivity contribution is 0.588. The molecule has 0 fully saturated rings. The van der Waals surface area contributed by atoms with Crippen LogP contribution in [-0.2, 0) is 5.75 Å². The van der Waals surface area contributed by atoms with Crippen LogP contribution in [0.4, 0.5) is 5.82 Å². The van der Waals surface area contributed by atoms with E-state index in [2.05, 4.69) is 31.5 Å². The topological polar surface area (TPSA) is 43.8 Å². The minimum absolute atomic E-state index is 0.361. The van der Waals surface area contributed by atoms with E-state index in [0.29, 0.717) is 17.6 Å². The van der Waals surface area contributed by atoms with E-state index in [0.717, 1.165) is 5.82 Å². The van der Waals surface area contributed by atoms with E-state index in [4.69, 9.17) is 5.73 Å². The Kier molecular flexibility index (Phi) is 2.44. The summed E-state index contributed by atoms with van der Waals surface area (Å²) >= 11 is 4.15. The molecule has 1 aromatic heterocycles. The Bertz CT molecular complexity index is 242. The van der Waals surface area contributed by atoms with E-state index >= 15 is 0 Å². The average Bonchev–Trinajstić information content (AvgIpc) is 2.30. The number of hydrogen-bond donors (Lipinski definition) is 2. The monoisotopic (exact) mass is 171 g/mol. The quantitative estimate of drug-likeness (QED) is 0.662. The maximum absolute atomic E-state index is 5.68. The van der Waals surface area contributed by atoms with Gasteiger partial charge in [0.05, 0.1) is 6.20 Å². The van der Waals surface area contributed by atoms with E-state index < -0.39 is 0 Å². The number of hydrogen-bond acceptors (Lipinski definition) is 3. The number of nitrogens with two attached hydrogens (primary N) is 1. The number of thiol groups is 1. The van der Waals surface area contributed by atoms with Crippen LogP contribution in [-0.4, -0.2) is 9.55 Å². The van der Waals surface area contributed by atoms with Gasteiger partial charge in [0.2, 0.25) is 0 Å². The van der Waals surface area contributed by atoms with E-state index in [9.17, 15) is 0 Å². The molecule has 0 aliphatic rings. The van der Waals surface area contributed by atoms with Gasteiger partial charge in [-0.15, -0.1) is 0 Å². The molecule has 0 radical (unpaired) electrons. The van der Waals surface area contributed by atoms with Crippen LogP contribution in [0.15, 0.2) is 6.20 Å². The molecule has 0 atom stereocenters. The van der Waals surface area contributed by atoms with E-state index in [-0.39, 0.29) is 0 Å². The van der Waals surface area contributed by atoms with Gasteiger partial charge >= 0.3 is 0 Å². The molecule has 62 valence electrons. The third kappa shape index (κ3) is 1.50. The molecule has 0 aliphatic carbocycles. The predicted molar refractivity (Wildman–Crippen MR) is 49.7 cm³/mol. The summed E-state index contributed by atoms with van der Waals surface area (Å²) in [5, 5.41) is 0. The van der Waals surface area contributed by atoms with Gasteiger partial charge in [-0.1, -0.05) is 0 Å². The maximum atomic E-state index is 5.68. The fourth-order valence-corrected chi connectivity index (χ4v) is 1.36. The fourth-order valence-electron chi connectivity index (χ4n) is 1.13. The molecule has 0 saturated carbocycles. The smallest absolute Gasteiger partial charge is 0.123 e. The highest BCUT2D eigenvalue weighted by atomic mass is 32.1. The van der Waals surface area contributed by atoms with Crippen molar-refractivity contribution in [2.45, 2.75) is 25.6 Å². The van der Waals surface area contributed by atoms with Crippen molar-refractivity contribution in [2.24, 2.45) is 0 Å². The van der Waals surface area contributed by atoms with Crippen molar-refractivity contribution in [1.82, 2.24) is 9.55 Å². The van der Waals surface area contributed by atoms with Crippen molar-refractivity contribution < 1.29 is 0 Å². The Hall–Kier alpha value is -0.640. The Morgan fingerprint density at radius 2 is 2.36 bits per heavy atom. The number of nitrogens with zero attached hydrogens (tertiary/aromatic N) is 2. The molecule has 1 aromatic rings. The van der Waals surface area contributed by atoms with Crippen molar-refractivity contribution >= 4 is 18.4 Å². The van der Waals surface area contributed by atoms with Gasteiger partial charge in [-0.2, -0.15) is 12.6 Å². The number of aromatic nitrogens is 2. The van der Waals surface area contributed by atoms with Gasteiger partial charge in [-0.25, -0.2) is 4.98 Å². The number of anilines is 1. The second kappa shape index (κ2) is 3.17. The molecular formula is C7H13N3S. The lowest BCUT2D eigenvalue weighted by atomic mass is 10.4. The maximum Gasteiger partial charge on any atom is 0.123 e. The van der Waals surface area contributed by atoms with Crippen molar-refractivity contribution in [3.8, 4) is 0 Å². The molecule has 1 rings (SSSR count). The third-order valence-corrected chi connectivity index (χ3v) is 1.84. The molecule has 0 aliphatic heterocycles.